The number of nitrogens with one attached hydrogen (secondary N) is 1. The molecular formula is C14H19NO3. The third kappa shape index (κ3) is 3.87. The Labute approximate surface area is 107 Å². The van der Waals surface area contributed by atoms with Gasteiger partial charge in [0.15, 0.2) is 0 Å². The van der Waals surface area contributed by atoms with Crippen LogP contribution >= 0.6 is 0 Å². The largest absolute Gasteiger partial charge is 0.481 e. The van der Waals surface area contributed by atoms with Gasteiger partial charge in [-0.2, -0.15) is 0 Å². The molecule has 0 aliphatic heterocycles. The quantitative estimate of drug-likeness (QED) is 0.811. The molecule has 4 nitrogen and oxygen atoms in total. The van der Waals surface area contributed by atoms with Crippen LogP contribution in [-0.4, -0.2) is 23.5 Å². The third-order valence-electron chi connectivity index (χ3n) is 2.82. The lowest BCUT2D eigenvalue weighted by Crippen LogP contribution is -2.28. The molecule has 0 spiro atoms. The van der Waals surface area contributed by atoms with E-state index in [4.69, 9.17) is 0 Å². The summed E-state index contributed by atoms with van der Waals surface area (Å²) in [5, 5.41) is 12.0. The molecule has 0 saturated carbocycles. The maximum atomic E-state index is 11.6. The molecule has 0 aliphatic rings. The molecule has 4 heteroatoms. The van der Waals surface area contributed by atoms with Gasteiger partial charge >= 0.3 is 5.97 Å². The Hall–Kier alpha value is -1.84. The average Bonchev–Trinajstić information content (AvgIpc) is 2.34. The van der Waals surface area contributed by atoms with Crippen LogP contribution in [0.2, 0.25) is 0 Å². The molecule has 0 bridgehead atoms. The molecule has 1 atom stereocenters. The first-order valence-corrected chi connectivity index (χ1v) is 6.11. The number of carbonyl (C=O) groups is 2. The van der Waals surface area contributed by atoms with Gasteiger partial charge in [0.2, 0.25) is 5.91 Å². The highest BCUT2D eigenvalue weighted by Gasteiger charge is 2.24. The Morgan fingerprint density at radius 1 is 1.33 bits per heavy atom. The van der Waals surface area contributed by atoms with E-state index < -0.39 is 11.9 Å². The lowest BCUT2D eigenvalue weighted by atomic mass is 9.92. The smallest absolute Gasteiger partial charge is 0.311 e. The standard InChI is InChI=1S/C14H19NO3/c1-3-8-15-13(16)9-12(14(17)18)11-7-5-4-6-10(11)2/h4-7,12H,3,8-9H2,1-2H3,(H,15,16)(H,17,18). The lowest BCUT2D eigenvalue weighted by Gasteiger charge is -2.14. The first-order valence-electron chi connectivity index (χ1n) is 6.11. The first-order chi connectivity index (χ1) is 8.56. The number of benzene rings is 1. The molecule has 18 heavy (non-hydrogen) atoms. The maximum absolute atomic E-state index is 11.6. The van der Waals surface area contributed by atoms with Crippen molar-refractivity contribution in [2.24, 2.45) is 0 Å². The summed E-state index contributed by atoms with van der Waals surface area (Å²) < 4.78 is 0. The van der Waals surface area contributed by atoms with Gasteiger partial charge in [0.1, 0.15) is 0 Å². The highest BCUT2D eigenvalue weighted by Crippen LogP contribution is 2.23. The molecule has 0 saturated heterocycles. The van der Waals surface area contributed by atoms with E-state index in [0.29, 0.717) is 12.1 Å². The number of aryl methyl sites for hydroxylation is 1. The molecule has 1 amide bonds. The normalized spacial score (nSPS) is 11.9. The van der Waals surface area contributed by atoms with Crippen LogP contribution in [-0.2, 0) is 9.59 Å². The zero-order chi connectivity index (χ0) is 13.5. The van der Waals surface area contributed by atoms with Crippen LogP contribution in [0.1, 0.15) is 36.8 Å². The van der Waals surface area contributed by atoms with Gasteiger partial charge < -0.3 is 10.4 Å². The minimum atomic E-state index is -0.962. The summed E-state index contributed by atoms with van der Waals surface area (Å²) in [5.74, 6) is -1.95. The SMILES string of the molecule is CCCNC(=O)CC(C(=O)O)c1ccccc1C. The number of carbonyl (C=O) groups excluding carboxylic acids is 1. The second-order valence-corrected chi connectivity index (χ2v) is 4.30. The van der Waals surface area contributed by atoms with Gasteiger partial charge in [0.25, 0.3) is 0 Å². The van der Waals surface area contributed by atoms with Crippen molar-refractivity contribution in [3.05, 3.63) is 35.4 Å². The highest BCUT2D eigenvalue weighted by atomic mass is 16.4. The van der Waals surface area contributed by atoms with Crippen LogP contribution in [0.15, 0.2) is 24.3 Å². The predicted molar refractivity (Wildman–Crippen MR) is 69.5 cm³/mol. The summed E-state index contributed by atoms with van der Waals surface area (Å²) in [4.78, 5) is 22.9. The molecular weight excluding hydrogens is 230 g/mol. The Balaban J connectivity index is 2.81. The zero-order valence-corrected chi connectivity index (χ0v) is 10.8. The minimum absolute atomic E-state index is 0.0137. The van der Waals surface area contributed by atoms with Crippen molar-refractivity contribution in [2.45, 2.75) is 32.6 Å². The second-order valence-electron chi connectivity index (χ2n) is 4.30. The van der Waals surface area contributed by atoms with Crippen LogP contribution in [0.5, 0.6) is 0 Å². The zero-order valence-electron chi connectivity index (χ0n) is 10.8. The fraction of sp³-hybridized carbons (Fsp3) is 0.429. The van der Waals surface area contributed by atoms with Gasteiger partial charge in [-0.1, -0.05) is 31.2 Å². The van der Waals surface area contributed by atoms with Gasteiger partial charge in [-0.15, -0.1) is 0 Å². The molecule has 0 fully saturated rings. The molecule has 98 valence electrons. The number of aliphatic carboxylic acids is 1. The van der Waals surface area contributed by atoms with E-state index in [2.05, 4.69) is 5.32 Å². The van der Waals surface area contributed by atoms with E-state index in [1.54, 1.807) is 12.1 Å². The number of rotatable bonds is 6. The predicted octanol–water partition coefficient (Wildman–Crippen LogP) is 2.08. The van der Waals surface area contributed by atoms with Crippen molar-refractivity contribution in [1.29, 1.82) is 0 Å². The van der Waals surface area contributed by atoms with Crippen molar-refractivity contribution < 1.29 is 14.7 Å². The number of hydrogen-bond acceptors (Lipinski definition) is 2. The molecule has 0 aromatic heterocycles. The fourth-order valence-electron chi connectivity index (χ4n) is 1.83. The molecule has 1 rings (SSSR count). The Morgan fingerprint density at radius 3 is 2.56 bits per heavy atom. The van der Waals surface area contributed by atoms with Crippen LogP contribution < -0.4 is 5.32 Å². The van der Waals surface area contributed by atoms with Crippen LogP contribution in [0.4, 0.5) is 0 Å². The van der Waals surface area contributed by atoms with Gasteiger partial charge in [-0.25, -0.2) is 0 Å². The molecule has 0 radical (unpaired) electrons. The maximum Gasteiger partial charge on any atom is 0.311 e. The summed E-state index contributed by atoms with van der Waals surface area (Å²) >= 11 is 0. The monoisotopic (exact) mass is 249 g/mol. The first kappa shape index (κ1) is 14.2. The van der Waals surface area contributed by atoms with E-state index in [1.807, 2.05) is 26.0 Å². The van der Waals surface area contributed by atoms with Crippen molar-refractivity contribution in [3.8, 4) is 0 Å². The second kappa shape index (κ2) is 6.79. The van der Waals surface area contributed by atoms with E-state index in [1.165, 1.54) is 0 Å². The number of amides is 1. The summed E-state index contributed by atoms with van der Waals surface area (Å²) in [6.07, 6.45) is 0.827. The fourth-order valence-corrected chi connectivity index (χ4v) is 1.83. The highest BCUT2D eigenvalue weighted by molar-refractivity contribution is 5.86. The van der Waals surface area contributed by atoms with E-state index in [-0.39, 0.29) is 12.3 Å². The topological polar surface area (TPSA) is 66.4 Å². The Bertz CT molecular complexity index is 429. The molecule has 2 N–H and O–H groups in total. The minimum Gasteiger partial charge on any atom is -0.481 e. The van der Waals surface area contributed by atoms with Crippen LogP contribution in [0, 0.1) is 6.92 Å². The Morgan fingerprint density at radius 2 is 2.00 bits per heavy atom. The molecule has 0 aliphatic carbocycles. The van der Waals surface area contributed by atoms with Gasteiger partial charge in [-0.05, 0) is 24.5 Å². The summed E-state index contributed by atoms with van der Waals surface area (Å²) in [6.45, 7) is 4.39. The van der Waals surface area contributed by atoms with Gasteiger partial charge in [0, 0.05) is 13.0 Å². The molecule has 1 aromatic rings. The van der Waals surface area contributed by atoms with Crippen LogP contribution in [0.25, 0.3) is 0 Å². The Kier molecular flexibility index (Phi) is 5.36. The molecule has 1 aromatic carbocycles. The van der Waals surface area contributed by atoms with Gasteiger partial charge in [0.05, 0.1) is 5.92 Å². The number of carboxylic acid groups (broad SMARTS) is 1. The summed E-state index contributed by atoms with van der Waals surface area (Å²) in [7, 11) is 0. The van der Waals surface area contributed by atoms with Crippen LogP contribution in [0.3, 0.4) is 0 Å². The van der Waals surface area contributed by atoms with E-state index in [9.17, 15) is 14.7 Å². The summed E-state index contributed by atoms with van der Waals surface area (Å²) in [6, 6.07) is 7.27. The van der Waals surface area contributed by atoms with Crippen molar-refractivity contribution in [2.75, 3.05) is 6.54 Å². The van der Waals surface area contributed by atoms with E-state index >= 15 is 0 Å². The average molecular weight is 249 g/mol. The summed E-state index contributed by atoms with van der Waals surface area (Å²) in [5.41, 5.74) is 1.60. The van der Waals surface area contributed by atoms with Crippen molar-refractivity contribution in [3.63, 3.8) is 0 Å². The molecule has 1 unspecified atom stereocenters. The van der Waals surface area contributed by atoms with E-state index in [0.717, 1.165) is 12.0 Å². The molecule has 0 heterocycles. The number of carboxylic acids is 1. The number of hydrogen-bond donors (Lipinski definition) is 2. The third-order valence-corrected chi connectivity index (χ3v) is 2.82. The lowest BCUT2D eigenvalue weighted by molar-refractivity contribution is -0.140. The van der Waals surface area contributed by atoms with Gasteiger partial charge in [-0.3, -0.25) is 9.59 Å². The van der Waals surface area contributed by atoms with Crippen molar-refractivity contribution >= 4 is 11.9 Å². The van der Waals surface area contributed by atoms with Crippen molar-refractivity contribution in [1.82, 2.24) is 5.32 Å².